The molecule has 0 amide bonds. The van der Waals surface area contributed by atoms with Crippen LogP contribution in [0.1, 0.15) is 47.0 Å². The van der Waals surface area contributed by atoms with Crippen LogP contribution in [-0.2, 0) is 4.79 Å². The van der Waals surface area contributed by atoms with Gasteiger partial charge in [-0.05, 0) is 38.8 Å². The predicted octanol–water partition coefficient (Wildman–Crippen LogP) is 2.87. The van der Waals surface area contributed by atoms with Gasteiger partial charge in [-0.1, -0.05) is 33.6 Å². The van der Waals surface area contributed by atoms with Gasteiger partial charge in [0.1, 0.15) is 6.29 Å². The van der Waals surface area contributed by atoms with E-state index in [0.717, 1.165) is 18.1 Å². The Kier molecular flexibility index (Phi) is 14.5. The molecule has 2 nitrogen and oxygen atoms in total. The van der Waals surface area contributed by atoms with Crippen molar-refractivity contribution in [3.63, 3.8) is 0 Å². The lowest BCUT2D eigenvalue weighted by molar-refractivity contribution is -0.106. The number of carbonyl (C=O) groups is 1. The number of aldehydes is 1. The molecule has 2 atom stereocenters. The van der Waals surface area contributed by atoms with Crippen molar-refractivity contribution >= 4 is 6.29 Å². The smallest absolute Gasteiger partial charge is 0.116 e. The summed E-state index contributed by atoms with van der Waals surface area (Å²) in [5.41, 5.74) is 0. The molecule has 2 heteroatoms. The Balaban J connectivity index is 0. The first-order valence-electron chi connectivity index (χ1n) is 5.72. The minimum absolute atomic E-state index is 0.750. The summed E-state index contributed by atoms with van der Waals surface area (Å²) >= 11 is 0. The van der Waals surface area contributed by atoms with E-state index in [9.17, 15) is 0 Å². The summed E-state index contributed by atoms with van der Waals surface area (Å²) in [6.45, 7) is 9.54. The van der Waals surface area contributed by atoms with Crippen molar-refractivity contribution in [1.82, 2.24) is 5.32 Å². The second-order valence-corrected chi connectivity index (χ2v) is 3.73. The summed E-state index contributed by atoms with van der Waals surface area (Å²) in [6, 6.07) is 0. The molecular formula is C12H27NO. The van der Waals surface area contributed by atoms with Gasteiger partial charge in [0, 0.05) is 0 Å². The molecule has 0 heterocycles. The zero-order chi connectivity index (χ0) is 11.4. The molecule has 0 spiro atoms. The maximum Gasteiger partial charge on any atom is 0.116 e. The molecule has 0 aromatic rings. The average Bonchev–Trinajstić information content (AvgIpc) is 2.17. The summed E-state index contributed by atoms with van der Waals surface area (Å²) in [5, 5.41) is 3.27. The van der Waals surface area contributed by atoms with E-state index in [-0.39, 0.29) is 0 Å². The highest BCUT2D eigenvalue weighted by Crippen LogP contribution is 2.19. The van der Waals surface area contributed by atoms with Gasteiger partial charge in [0.15, 0.2) is 0 Å². The molecule has 86 valence electrons. The molecule has 0 rings (SSSR count). The third kappa shape index (κ3) is 9.72. The Labute approximate surface area is 89.5 Å². The minimum Gasteiger partial charge on any atom is -0.319 e. The maximum absolute atomic E-state index is 8.81. The molecule has 2 unspecified atom stereocenters. The third-order valence-electron chi connectivity index (χ3n) is 2.57. The number of hydrogen-bond acceptors (Lipinski definition) is 2. The van der Waals surface area contributed by atoms with E-state index in [0.29, 0.717) is 0 Å². The molecule has 0 aromatic carbocycles. The summed E-state index contributed by atoms with van der Waals surface area (Å²) < 4.78 is 0. The van der Waals surface area contributed by atoms with E-state index in [1.807, 2.05) is 7.05 Å². The van der Waals surface area contributed by atoms with Crippen molar-refractivity contribution in [2.45, 2.75) is 47.0 Å². The van der Waals surface area contributed by atoms with Crippen LogP contribution in [0.25, 0.3) is 0 Å². The molecule has 0 radical (unpaired) electrons. The van der Waals surface area contributed by atoms with Crippen molar-refractivity contribution in [2.75, 3.05) is 13.6 Å². The summed E-state index contributed by atoms with van der Waals surface area (Å²) in [7, 11) is 2.05. The van der Waals surface area contributed by atoms with Gasteiger partial charge in [-0.25, -0.2) is 0 Å². The number of nitrogens with one attached hydrogen (secondary N) is 1. The van der Waals surface area contributed by atoms with Crippen LogP contribution >= 0.6 is 0 Å². The quantitative estimate of drug-likeness (QED) is 0.670. The first-order valence-corrected chi connectivity index (χ1v) is 5.72. The zero-order valence-corrected chi connectivity index (χ0v) is 10.5. The Bertz CT molecular complexity index is 109. The summed E-state index contributed by atoms with van der Waals surface area (Å²) in [4.78, 5) is 8.81. The van der Waals surface area contributed by atoms with Gasteiger partial charge >= 0.3 is 0 Å². The van der Waals surface area contributed by atoms with Crippen LogP contribution in [0.5, 0.6) is 0 Å². The fourth-order valence-electron chi connectivity index (χ4n) is 1.55. The highest BCUT2D eigenvalue weighted by atomic mass is 16.1. The van der Waals surface area contributed by atoms with E-state index in [1.165, 1.54) is 32.7 Å². The standard InChI is InChI=1S/C10H23N.C2H4O/c1-5-7-10(8-11-4)9(3)6-2;1-2-3/h9-11H,5-8H2,1-4H3;2H,1H3. The van der Waals surface area contributed by atoms with Crippen molar-refractivity contribution < 1.29 is 4.79 Å². The number of rotatable bonds is 6. The van der Waals surface area contributed by atoms with Crippen molar-refractivity contribution in [3.05, 3.63) is 0 Å². The molecule has 1 N–H and O–H groups in total. The maximum atomic E-state index is 8.81. The van der Waals surface area contributed by atoms with Gasteiger partial charge in [0.25, 0.3) is 0 Å². The predicted molar refractivity (Wildman–Crippen MR) is 63.5 cm³/mol. The fourth-order valence-corrected chi connectivity index (χ4v) is 1.55. The summed E-state index contributed by atoms with van der Waals surface area (Å²) in [6.07, 6.45) is 4.75. The van der Waals surface area contributed by atoms with E-state index in [1.54, 1.807) is 0 Å². The highest BCUT2D eigenvalue weighted by molar-refractivity contribution is 5.44. The van der Waals surface area contributed by atoms with E-state index < -0.39 is 0 Å². The molecule has 0 aliphatic rings. The van der Waals surface area contributed by atoms with Gasteiger partial charge in [0.05, 0.1) is 0 Å². The average molecular weight is 201 g/mol. The molecule has 0 saturated heterocycles. The minimum atomic E-state index is 0.750. The Hall–Kier alpha value is -0.370. The van der Waals surface area contributed by atoms with Gasteiger partial charge in [-0.15, -0.1) is 0 Å². The Morgan fingerprint density at radius 3 is 2.14 bits per heavy atom. The molecule has 0 aromatic heterocycles. The molecular weight excluding hydrogens is 174 g/mol. The molecule has 0 aliphatic carbocycles. The van der Waals surface area contributed by atoms with Gasteiger partial charge in [0.2, 0.25) is 0 Å². The third-order valence-corrected chi connectivity index (χ3v) is 2.57. The highest BCUT2D eigenvalue weighted by Gasteiger charge is 2.12. The number of hydrogen-bond donors (Lipinski definition) is 1. The van der Waals surface area contributed by atoms with E-state index in [4.69, 9.17) is 4.79 Å². The Morgan fingerprint density at radius 2 is 1.86 bits per heavy atom. The molecule has 0 aliphatic heterocycles. The SMILES string of the molecule is CC=O.CCCC(CNC)C(C)CC. The fraction of sp³-hybridized carbons (Fsp3) is 0.917. The molecule has 0 fully saturated rings. The summed E-state index contributed by atoms with van der Waals surface area (Å²) in [5.74, 6) is 1.76. The van der Waals surface area contributed by atoms with Crippen LogP contribution < -0.4 is 5.32 Å². The molecule has 0 bridgehead atoms. The van der Waals surface area contributed by atoms with E-state index in [2.05, 4.69) is 26.1 Å². The first kappa shape index (κ1) is 16.1. The molecule has 0 saturated carbocycles. The number of carbonyl (C=O) groups excluding carboxylic acids is 1. The van der Waals surface area contributed by atoms with Crippen LogP contribution in [0.4, 0.5) is 0 Å². The van der Waals surface area contributed by atoms with Gasteiger partial charge < -0.3 is 10.1 Å². The van der Waals surface area contributed by atoms with E-state index >= 15 is 0 Å². The van der Waals surface area contributed by atoms with Gasteiger partial charge in [-0.2, -0.15) is 0 Å². The van der Waals surface area contributed by atoms with Crippen molar-refractivity contribution in [2.24, 2.45) is 11.8 Å². The lowest BCUT2D eigenvalue weighted by Crippen LogP contribution is -2.24. The van der Waals surface area contributed by atoms with Crippen LogP contribution in [-0.4, -0.2) is 19.9 Å². The van der Waals surface area contributed by atoms with Gasteiger partial charge in [-0.3, -0.25) is 0 Å². The Morgan fingerprint density at radius 1 is 1.36 bits per heavy atom. The second kappa shape index (κ2) is 12.6. The lowest BCUT2D eigenvalue weighted by Gasteiger charge is -2.21. The first-order chi connectivity index (χ1) is 6.67. The topological polar surface area (TPSA) is 29.1 Å². The van der Waals surface area contributed by atoms with Crippen LogP contribution in [0.15, 0.2) is 0 Å². The van der Waals surface area contributed by atoms with Crippen molar-refractivity contribution in [3.8, 4) is 0 Å². The zero-order valence-electron chi connectivity index (χ0n) is 10.5. The lowest BCUT2D eigenvalue weighted by atomic mass is 9.88. The van der Waals surface area contributed by atoms with Crippen LogP contribution in [0.3, 0.4) is 0 Å². The normalized spacial score (nSPS) is 13.8. The monoisotopic (exact) mass is 201 g/mol. The van der Waals surface area contributed by atoms with Crippen LogP contribution in [0.2, 0.25) is 0 Å². The van der Waals surface area contributed by atoms with Crippen LogP contribution in [0, 0.1) is 11.8 Å². The van der Waals surface area contributed by atoms with Crippen molar-refractivity contribution in [1.29, 1.82) is 0 Å². The largest absolute Gasteiger partial charge is 0.319 e. The second-order valence-electron chi connectivity index (χ2n) is 3.73. The molecule has 14 heavy (non-hydrogen) atoms.